The van der Waals surface area contributed by atoms with E-state index in [1.54, 1.807) is 24.3 Å². The molecule has 2 aromatic heterocycles. The molecule has 2 heterocycles. The number of hydrogen-bond acceptors (Lipinski definition) is 6. The Morgan fingerprint density at radius 1 is 1.26 bits per heavy atom. The summed E-state index contributed by atoms with van der Waals surface area (Å²) in [7, 11) is -3.95. The van der Waals surface area contributed by atoms with Gasteiger partial charge >= 0.3 is 0 Å². The first kappa shape index (κ1) is 20.0. The van der Waals surface area contributed by atoms with Crippen LogP contribution in [0.4, 0.5) is 4.39 Å². The van der Waals surface area contributed by atoms with Crippen molar-refractivity contribution in [1.82, 2.24) is 4.72 Å². The van der Waals surface area contributed by atoms with E-state index in [0.29, 0.717) is 4.88 Å². The van der Waals surface area contributed by atoms with Crippen LogP contribution in [0.1, 0.15) is 17.9 Å². The maximum atomic E-state index is 13.9. The Morgan fingerprint density at radius 3 is 2.74 bits per heavy atom. The van der Waals surface area contributed by atoms with Gasteiger partial charge in [-0.2, -0.15) is 11.3 Å². The van der Waals surface area contributed by atoms with Gasteiger partial charge in [-0.15, -0.1) is 11.3 Å². The number of aliphatic hydroxyl groups excluding tert-OH is 1. The van der Waals surface area contributed by atoms with Crippen LogP contribution >= 0.6 is 22.7 Å². The molecule has 1 aromatic carbocycles. The highest BCUT2D eigenvalue weighted by Crippen LogP contribution is 2.32. The first-order valence-electron chi connectivity index (χ1n) is 8.13. The fourth-order valence-corrected chi connectivity index (χ4v) is 5.16. The molecule has 0 amide bonds. The largest absolute Gasteiger partial charge is 0.491 e. The van der Waals surface area contributed by atoms with Gasteiger partial charge in [0.1, 0.15) is 6.10 Å². The minimum absolute atomic E-state index is 0.00368. The molecule has 27 heavy (non-hydrogen) atoms. The maximum Gasteiger partial charge on any atom is 0.240 e. The molecule has 5 nitrogen and oxygen atoms in total. The highest BCUT2D eigenvalue weighted by Gasteiger charge is 2.20. The van der Waals surface area contributed by atoms with Gasteiger partial charge in [-0.05, 0) is 54.1 Å². The zero-order valence-corrected chi connectivity index (χ0v) is 16.8. The van der Waals surface area contributed by atoms with Crippen molar-refractivity contribution in [3.05, 3.63) is 57.9 Å². The number of rotatable bonds is 8. The Balaban J connectivity index is 1.67. The Hall–Kier alpha value is -1.78. The summed E-state index contributed by atoms with van der Waals surface area (Å²) < 4.78 is 46.0. The van der Waals surface area contributed by atoms with Crippen LogP contribution < -0.4 is 9.46 Å². The summed E-state index contributed by atoms with van der Waals surface area (Å²) in [6.45, 7) is 1.78. The minimum atomic E-state index is -3.95. The van der Waals surface area contributed by atoms with E-state index in [0.717, 1.165) is 16.5 Å². The molecule has 2 N–H and O–H groups in total. The Bertz CT molecular complexity index is 1000. The number of benzene rings is 1. The van der Waals surface area contributed by atoms with Crippen molar-refractivity contribution in [1.29, 1.82) is 0 Å². The zero-order chi connectivity index (χ0) is 19.4. The van der Waals surface area contributed by atoms with Gasteiger partial charge in [0, 0.05) is 21.9 Å². The average molecular weight is 428 g/mol. The lowest BCUT2D eigenvalue weighted by molar-refractivity contribution is 0.186. The number of halogens is 1. The summed E-state index contributed by atoms with van der Waals surface area (Å²) in [5.41, 5.74) is 1.06. The summed E-state index contributed by atoms with van der Waals surface area (Å²) in [5, 5.41) is 14.3. The van der Waals surface area contributed by atoms with Gasteiger partial charge < -0.3 is 9.84 Å². The molecule has 0 fully saturated rings. The van der Waals surface area contributed by atoms with Crippen molar-refractivity contribution in [2.75, 3.05) is 13.2 Å². The molecule has 144 valence electrons. The first-order chi connectivity index (χ1) is 12.9. The van der Waals surface area contributed by atoms with Gasteiger partial charge in [0.15, 0.2) is 11.6 Å². The van der Waals surface area contributed by atoms with E-state index in [4.69, 9.17) is 4.74 Å². The van der Waals surface area contributed by atoms with Crippen molar-refractivity contribution in [3.63, 3.8) is 0 Å². The second-order valence-corrected chi connectivity index (χ2v) is 9.27. The number of nitrogens with one attached hydrogen (secondary N) is 1. The third-order valence-corrected chi connectivity index (χ3v) is 7.08. The van der Waals surface area contributed by atoms with Crippen LogP contribution in [0.25, 0.3) is 10.4 Å². The fourth-order valence-electron chi connectivity index (χ4n) is 2.39. The predicted octanol–water partition coefficient (Wildman–Crippen LogP) is 4.03. The van der Waals surface area contributed by atoms with Crippen LogP contribution in [0.2, 0.25) is 0 Å². The van der Waals surface area contributed by atoms with E-state index in [2.05, 4.69) is 4.72 Å². The molecule has 0 saturated carbocycles. The lowest BCUT2D eigenvalue weighted by Crippen LogP contribution is -2.28. The highest BCUT2D eigenvalue weighted by molar-refractivity contribution is 7.89. The molecule has 3 rings (SSSR count). The molecular formula is C18H18FNO4S3. The van der Waals surface area contributed by atoms with Crippen molar-refractivity contribution in [2.24, 2.45) is 0 Å². The molecule has 0 aliphatic heterocycles. The normalized spacial score (nSPS) is 12.9. The summed E-state index contributed by atoms with van der Waals surface area (Å²) >= 11 is 2.98. The molecule has 9 heteroatoms. The Morgan fingerprint density at radius 2 is 2.07 bits per heavy atom. The van der Waals surface area contributed by atoms with E-state index in [1.807, 2.05) is 22.9 Å². The van der Waals surface area contributed by atoms with Crippen molar-refractivity contribution < 1.29 is 22.7 Å². The van der Waals surface area contributed by atoms with Crippen LogP contribution in [0.5, 0.6) is 5.75 Å². The highest BCUT2D eigenvalue weighted by atomic mass is 32.2. The summed E-state index contributed by atoms with van der Waals surface area (Å²) in [5.74, 6) is -0.755. The van der Waals surface area contributed by atoms with Crippen LogP contribution in [-0.2, 0) is 10.0 Å². The number of aliphatic hydroxyl groups is 1. The number of ether oxygens (including phenoxy) is 1. The lowest BCUT2D eigenvalue weighted by Gasteiger charge is -2.12. The zero-order valence-electron chi connectivity index (χ0n) is 14.4. The standard InChI is InChI=1S/C18H18FNO4S3/c1-2-24-16-4-3-13(9-14(16)19)27(22,23)20-10-15(21)18-6-5-17(26-18)12-7-8-25-11-12/h3-9,11,15,20-21H,2,10H2,1H3. The van der Waals surface area contributed by atoms with Crippen molar-refractivity contribution >= 4 is 32.7 Å². The predicted molar refractivity (Wildman–Crippen MR) is 105 cm³/mol. The van der Waals surface area contributed by atoms with Gasteiger partial charge in [-0.1, -0.05) is 0 Å². The molecule has 0 spiro atoms. The topological polar surface area (TPSA) is 75.6 Å². The van der Waals surface area contributed by atoms with Crippen LogP contribution in [0, 0.1) is 5.82 Å². The summed E-state index contributed by atoms with van der Waals surface area (Å²) in [6, 6.07) is 9.09. The maximum absolute atomic E-state index is 13.9. The molecule has 0 saturated heterocycles. The van der Waals surface area contributed by atoms with Gasteiger partial charge in [0.25, 0.3) is 0 Å². The van der Waals surface area contributed by atoms with Crippen LogP contribution in [0.15, 0.2) is 52.1 Å². The molecule has 0 aliphatic carbocycles. The molecule has 0 aliphatic rings. The van der Waals surface area contributed by atoms with Gasteiger partial charge in [-0.25, -0.2) is 17.5 Å². The van der Waals surface area contributed by atoms with E-state index in [9.17, 15) is 17.9 Å². The minimum Gasteiger partial charge on any atom is -0.491 e. The SMILES string of the molecule is CCOc1ccc(S(=O)(=O)NCC(O)c2ccc(-c3ccsc3)s2)cc1F. The number of thiophene rings is 2. The third kappa shape index (κ3) is 4.74. The van der Waals surface area contributed by atoms with Gasteiger partial charge in [-0.3, -0.25) is 0 Å². The first-order valence-corrected chi connectivity index (χ1v) is 11.4. The third-order valence-electron chi connectivity index (χ3n) is 3.74. The van der Waals surface area contributed by atoms with Gasteiger partial charge in [0.05, 0.1) is 11.5 Å². The summed E-state index contributed by atoms with van der Waals surface area (Å²) in [4.78, 5) is 1.43. The molecule has 1 unspecified atom stereocenters. The fraction of sp³-hybridized carbons (Fsp3) is 0.222. The quantitative estimate of drug-likeness (QED) is 0.569. The van der Waals surface area contributed by atoms with E-state index in [1.165, 1.54) is 23.5 Å². The summed E-state index contributed by atoms with van der Waals surface area (Å²) in [6.07, 6.45) is -0.996. The Kier molecular flexibility index (Phi) is 6.28. The molecule has 0 bridgehead atoms. The van der Waals surface area contributed by atoms with Crippen molar-refractivity contribution in [2.45, 2.75) is 17.9 Å². The van der Waals surface area contributed by atoms with E-state index in [-0.39, 0.29) is 23.8 Å². The van der Waals surface area contributed by atoms with Crippen LogP contribution in [-0.4, -0.2) is 26.7 Å². The second-order valence-electron chi connectivity index (χ2n) is 5.61. The monoisotopic (exact) mass is 427 g/mol. The molecule has 3 aromatic rings. The average Bonchev–Trinajstić information content (AvgIpc) is 3.33. The number of sulfonamides is 1. The Labute approximate surface area is 165 Å². The molecule has 1 atom stereocenters. The smallest absolute Gasteiger partial charge is 0.240 e. The van der Waals surface area contributed by atoms with Crippen molar-refractivity contribution in [3.8, 4) is 16.2 Å². The van der Waals surface area contributed by atoms with Gasteiger partial charge in [0.2, 0.25) is 10.0 Å². The lowest BCUT2D eigenvalue weighted by atomic mass is 10.2. The molecule has 0 radical (unpaired) electrons. The molecular weight excluding hydrogens is 409 g/mol. The van der Waals surface area contributed by atoms with Crippen LogP contribution in [0.3, 0.4) is 0 Å². The van der Waals surface area contributed by atoms with E-state index < -0.39 is 21.9 Å². The number of hydrogen-bond donors (Lipinski definition) is 2. The van der Waals surface area contributed by atoms with E-state index >= 15 is 0 Å². The second kappa shape index (κ2) is 8.49.